The summed E-state index contributed by atoms with van der Waals surface area (Å²) in [6.07, 6.45) is -9.58. The second-order valence-corrected chi connectivity index (χ2v) is 4.82. The highest BCUT2D eigenvalue weighted by Gasteiger charge is 2.48. The molecule has 1 aliphatic heterocycles. The Labute approximate surface area is 142 Å². The highest BCUT2D eigenvalue weighted by Crippen LogP contribution is 2.43. The molecule has 2 rings (SSSR count). The van der Waals surface area contributed by atoms with Gasteiger partial charge in [0.25, 0.3) is 0 Å². The number of piperazine rings is 1. The Hall–Kier alpha value is -0.700. The predicted molar refractivity (Wildman–Crippen MR) is 79.2 cm³/mol. The van der Waals surface area contributed by atoms with Crippen LogP contribution in [0.2, 0.25) is 0 Å². The molecule has 23 heavy (non-hydrogen) atoms. The second-order valence-electron chi connectivity index (χ2n) is 4.82. The van der Waals surface area contributed by atoms with Crippen LogP contribution in [0, 0.1) is 0 Å². The fourth-order valence-electron chi connectivity index (χ4n) is 2.51. The SMILES string of the molecule is Cl.Cl.FC(F)(F)c1ccccc1[C@H](N1CCNCC1)C(F)(F)F. The van der Waals surface area contributed by atoms with Gasteiger partial charge in [0.05, 0.1) is 5.56 Å². The highest BCUT2D eigenvalue weighted by molar-refractivity contribution is 5.85. The molecule has 1 aromatic rings. The monoisotopic (exact) mass is 384 g/mol. The molecule has 2 nitrogen and oxygen atoms in total. The summed E-state index contributed by atoms with van der Waals surface area (Å²) < 4.78 is 78.9. The molecular formula is C13H16Cl2F6N2. The van der Waals surface area contributed by atoms with E-state index in [1.165, 1.54) is 6.07 Å². The normalized spacial score (nSPS) is 17.8. The average Bonchev–Trinajstić information content (AvgIpc) is 2.38. The van der Waals surface area contributed by atoms with Crippen LogP contribution in [-0.4, -0.2) is 37.3 Å². The predicted octanol–water partition coefficient (Wildman–Crippen LogP) is 4.06. The Kier molecular flexibility index (Phi) is 8.16. The van der Waals surface area contributed by atoms with Crippen molar-refractivity contribution in [2.75, 3.05) is 26.2 Å². The molecule has 0 bridgehead atoms. The molecule has 1 aliphatic rings. The zero-order valence-corrected chi connectivity index (χ0v) is 13.4. The molecule has 0 spiro atoms. The molecule has 0 radical (unpaired) electrons. The van der Waals surface area contributed by atoms with E-state index >= 15 is 0 Å². The maximum absolute atomic E-state index is 13.3. The first-order valence-electron chi connectivity index (χ1n) is 6.39. The lowest BCUT2D eigenvalue weighted by Gasteiger charge is -2.37. The van der Waals surface area contributed by atoms with Crippen LogP contribution in [0.25, 0.3) is 0 Å². The second kappa shape index (κ2) is 8.41. The molecule has 1 N–H and O–H groups in total. The first-order chi connectivity index (χ1) is 9.71. The van der Waals surface area contributed by atoms with Gasteiger partial charge in [-0.25, -0.2) is 0 Å². The summed E-state index contributed by atoms with van der Waals surface area (Å²) >= 11 is 0. The third-order valence-electron chi connectivity index (χ3n) is 3.39. The van der Waals surface area contributed by atoms with E-state index in [-0.39, 0.29) is 37.9 Å². The number of rotatable bonds is 2. The van der Waals surface area contributed by atoms with E-state index in [1.807, 2.05) is 0 Å². The van der Waals surface area contributed by atoms with E-state index in [0.717, 1.165) is 17.0 Å². The number of alkyl halides is 6. The Morgan fingerprint density at radius 2 is 1.43 bits per heavy atom. The first kappa shape index (κ1) is 22.3. The van der Waals surface area contributed by atoms with Crippen molar-refractivity contribution in [3.63, 3.8) is 0 Å². The first-order valence-corrected chi connectivity index (χ1v) is 6.39. The highest BCUT2D eigenvalue weighted by atomic mass is 35.5. The van der Waals surface area contributed by atoms with Crippen molar-refractivity contribution in [1.29, 1.82) is 0 Å². The van der Waals surface area contributed by atoms with E-state index in [2.05, 4.69) is 5.32 Å². The van der Waals surface area contributed by atoms with Gasteiger partial charge in [0.1, 0.15) is 6.04 Å². The van der Waals surface area contributed by atoms with Gasteiger partial charge in [0, 0.05) is 26.2 Å². The zero-order chi connectivity index (χ0) is 15.7. The Morgan fingerprint density at radius 3 is 1.91 bits per heavy atom. The zero-order valence-electron chi connectivity index (χ0n) is 11.7. The van der Waals surface area contributed by atoms with Crippen molar-refractivity contribution >= 4 is 24.8 Å². The van der Waals surface area contributed by atoms with Gasteiger partial charge in [-0.1, -0.05) is 18.2 Å². The van der Waals surface area contributed by atoms with Gasteiger partial charge in [-0.2, -0.15) is 26.3 Å². The summed E-state index contributed by atoms with van der Waals surface area (Å²) in [5.74, 6) is 0. The van der Waals surface area contributed by atoms with Crippen molar-refractivity contribution in [3.05, 3.63) is 35.4 Å². The topological polar surface area (TPSA) is 15.3 Å². The molecule has 0 aliphatic carbocycles. The van der Waals surface area contributed by atoms with Gasteiger partial charge in [0.2, 0.25) is 0 Å². The Bertz CT molecular complexity index is 486. The molecule has 0 saturated carbocycles. The number of halogens is 8. The molecule has 1 fully saturated rings. The van der Waals surface area contributed by atoms with Crippen LogP contribution in [0.3, 0.4) is 0 Å². The number of hydrogen-bond acceptors (Lipinski definition) is 2. The van der Waals surface area contributed by atoms with Crippen LogP contribution in [-0.2, 0) is 6.18 Å². The van der Waals surface area contributed by atoms with Crippen molar-refractivity contribution in [2.24, 2.45) is 0 Å². The molecular weight excluding hydrogens is 369 g/mol. The summed E-state index contributed by atoms with van der Waals surface area (Å²) in [5, 5.41) is 2.89. The minimum absolute atomic E-state index is 0. The maximum atomic E-state index is 13.3. The van der Waals surface area contributed by atoms with Crippen LogP contribution in [0.5, 0.6) is 0 Å². The molecule has 1 saturated heterocycles. The standard InChI is InChI=1S/C13H14F6N2.2ClH/c14-12(15,16)10-4-2-1-3-9(10)11(13(17,18)19)21-7-5-20-6-8-21;;/h1-4,11,20H,5-8H2;2*1H/t11-;;/m0../s1. The molecule has 0 aromatic heterocycles. The van der Waals surface area contributed by atoms with Gasteiger partial charge in [0.15, 0.2) is 0 Å². The lowest BCUT2D eigenvalue weighted by atomic mass is 9.97. The van der Waals surface area contributed by atoms with Crippen molar-refractivity contribution < 1.29 is 26.3 Å². The number of hydrogen-bond donors (Lipinski definition) is 1. The quantitative estimate of drug-likeness (QED) is 0.773. The van der Waals surface area contributed by atoms with Gasteiger partial charge in [-0.05, 0) is 11.6 Å². The van der Waals surface area contributed by atoms with E-state index in [0.29, 0.717) is 19.2 Å². The fraction of sp³-hybridized carbons (Fsp3) is 0.538. The number of nitrogens with zero attached hydrogens (tertiary/aromatic N) is 1. The van der Waals surface area contributed by atoms with Crippen LogP contribution < -0.4 is 5.32 Å². The summed E-state index contributed by atoms with van der Waals surface area (Å²) in [7, 11) is 0. The van der Waals surface area contributed by atoms with Gasteiger partial charge in [-0.3, -0.25) is 4.90 Å². The van der Waals surface area contributed by atoms with Crippen molar-refractivity contribution in [1.82, 2.24) is 10.2 Å². The minimum Gasteiger partial charge on any atom is -0.314 e. The summed E-state index contributed by atoms with van der Waals surface area (Å²) in [6, 6.07) is 1.65. The van der Waals surface area contributed by atoms with E-state index in [4.69, 9.17) is 0 Å². The largest absolute Gasteiger partial charge is 0.416 e. The lowest BCUT2D eigenvalue weighted by molar-refractivity contribution is -0.190. The fourth-order valence-corrected chi connectivity index (χ4v) is 2.51. The minimum atomic E-state index is -4.81. The van der Waals surface area contributed by atoms with E-state index in [9.17, 15) is 26.3 Å². The third kappa shape index (κ3) is 5.41. The molecule has 10 heteroatoms. The smallest absolute Gasteiger partial charge is 0.314 e. The summed E-state index contributed by atoms with van der Waals surface area (Å²) in [4.78, 5) is 1.04. The Morgan fingerprint density at radius 1 is 0.913 bits per heavy atom. The molecule has 134 valence electrons. The van der Waals surface area contributed by atoms with Gasteiger partial charge < -0.3 is 5.32 Å². The van der Waals surface area contributed by atoms with Crippen LogP contribution in [0.1, 0.15) is 17.2 Å². The van der Waals surface area contributed by atoms with E-state index in [1.54, 1.807) is 0 Å². The van der Waals surface area contributed by atoms with Crippen LogP contribution in [0.15, 0.2) is 24.3 Å². The van der Waals surface area contributed by atoms with E-state index < -0.39 is 29.5 Å². The van der Waals surface area contributed by atoms with Crippen LogP contribution >= 0.6 is 24.8 Å². The third-order valence-corrected chi connectivity index (χ3v) is 3.39. The van der Waals surface area contributed by atoms with Gasteiger partial charge >= 0.3 is 12.4 Å². The summed E-state index contributed by atoms with van der Waals surface area (Å²) in [6.45, 7) is 0.744. The average molecular weight is 385 g/mol. The van der Waals surface area contributed by atoms with Crippen LogP contribution in [0.4, 0.5) is 26.3 Å². The molecule has 1 heterocycles. The molecule has 0 unspecified atom stereocenters. The number of nitrogens with one attached hydrogen (secondary N) is 1. The molecule has 1 aromatic carbocycles. The molecule has 0 amide bonds. The van der Waals surface area contributed by atoms with Crippen molar-refractivity contribution in [3.8, 4) is 0 Å². The lowest BCUT2D eigenvalue weighted by Crippen LogP contribution is -2.49. The van der Waals surface area contributed by atoms with Crippen molar-refractivity contribution in [2.45, 2.75) is 18.4 Å². The Balaban J connectivity index is 0.00000242. The maximum Gasteiger partial charge on any atom is 0.416 e. The summed E-state index contributed by atoms with van der Waals surface area (Å²) in [5.41, 5.74) is -1.97. The molecule has 1 atom stereocenters. The van der Waals surface area contributed by atoms with Gasteiger partial charge in [-0.15, -0.1) is 24.8 Å². The number of benzene rings is 1.